The number of hydrogen-bond acceptors (Lipinski definition) is 3. The standard InChI is InChI=1S/C19H23F3N4O2S/c1-23-18(24-12-14-4-8-16(9-5-14)19(20,21)22)25-13-15-6-10-17(11-7-15)29(27,28)26(2)3/h4-11H,12-13H2,1-3H3,(H2,23,24,25). The van der Waals surface area contributed by atoms with E-state index in [9.17, 15) is 21.6 Å². The van der Waals surface area contributed by atoms with Gasteiger partial charge in [0, 0.05) is 34.2 Å². The Morgan fingerprint density at radius 2 is 1.38 bits per heavy atom. The summed E-state index contributed by atoms with van der Waals surface area (Å²) in [6, 6.07) is 11.4. The minimum atomic E-state index is -4.36. The third kappa shape index (κ3) is 6.20. The van der Waals surface area contributed by atoms with Crippen molar-refractivity contribution in [1.82, 2.24) is 14.9 Å². The van der Waals surface area contributed by atoms with Crippen molar-refractivity contribution in [2.45, 2.75) is 24.2 Å². The second kappa shape index (κ2) is 9.27. The average molecular weight is 428 g/mol. The van der Waals surface area contributed by atoms with Gasteiger partial charge >= 0.3 is 6.18 Å². The highest BCUT2D eigenvalue weighted by atomic mass is 32.2. The first-order valence-electron chi connectivity index (χ1n) is 8.66. The Kier molecular flexibility index (Phi) is 7.26. The molecule has 10 heteroatoms. The van der Waals surface area contributed by atoms with Crippen LogP contribution in [0.3, 0.4) is 0 Å². The van der Waals surface area contributed by atoms with Gasteiger partial charge in [-0.2, -0.15) is 13.2 Å². The van der Waals surface area contributed by atoms with Crippen LogP contribution < -0.4 is 10.6 Å². The molecule has 0 saturated heterocycles. The van der Waals surface area contributed by atoms with Crippen molar-refractivity contribution in [3.05, 3.63) is 65.2 Å². The van der Waals surface area contributed by atoms with Gasteiger partial charge in [0.15, 0.2) is 5.96 Å². The van der Waals surface area contributed by atoms with Gasteiger partial charge in [0.2, 0.25) is 10.0 Å². The van der Waals surface area contributed by atoms with Crippen LogP contribution in [0.25, 0.3) is 0 Å². The maximum atomic E-state index is 12.6. The molecule has 0 aromatic heterocycles. The van der Waals surface area contributed by atoms with Crippen molar-refractivity contribution >= 4 is 16.0 Å². The van der Waals surface area contributed by atoms with Crippen LogP contribution in [0.15, 0.2) is 58.4 Å². The Morgan fingerprint density at radius 1 is 0.931 bits per heavy atom. The molecule has 0 aliphatic heterocycles. The minimum Gasteiger partial charge on any atom is -0.352 e. The monoisotopic (exact) mass is 428 g/mol. The molecule has 0 aliphatic carbocycles. The van der Waals surface area contributed by atoms with E-state index < -0.39 is 21.8 Å². The van der Waals surface area contributed by atoms with Crippen molar-refractivity contribution in [2.75, 3.05) is 21.1 Å². The van der Waals surface area contributed by atoms with E-state index in [4.69, 9.17) is 0 Å². The minimum absolute atomic E-state index is 0.205. The second-order valence-electron chi connectivity index (χ2n) is 6.41. The Hall–Kier alpha value is -2.59. The van der Waals surface area contributed by atoms with Crippen LogP contribution >= 0.6 is 0 Å². The van der Waals surface area contributed by atoms with Gasteiger partial charge in [0.05, 0.1) is 10.5 Å². The topological polar surface area (TPSA) is 73.8 Å². The molecule has 2 rings (SSSR count). The van der Waals surface area contributed by atoms with E-state index in [-0.39, 0.29) is 4.90 Å². The summed E-state index contributed by atoms with van der Waals surface area (Å²) in [5.74, 6) is 0.467. The number of aliphatic imine (C=N–C) groups is 1. The molecule has 0 saturated carbocycles. The van der Waals surface area contributed by atoms with Gasteiger partial charge in [-0.15, -0.1) is 0 Å². The SMILES string of the molecule is CN=C(NCc1ccc(C(F)(F)F)cc1)NCc1ccc(S(=O)(=O)N(C)C)cc1. The zero-order chi connectivity index (χ0) is 21.7. The lowest BCUT2D eigenvalue weighted by Gasteiger charge is -2.14. The van der Waals surface area contributed by atoms with Gasteiger partial charge in [-0.25, -0.2) is 12.7 Å². The predicted molar refractivity (Wildman–Crippen MR) is 106 cm³/mol. The zero-order valence-electron chi connectivity index (χ0n) is 16.3. The fourth-order valence-corrected chi connectivity index (χ4v) is 3.30. The Bertz CT molecular complexity index is 939. The zero-order valence-corrected chi connectivity index (χ0v) is 17.1. The van der Waals surface area contributed by atoms with Crippen LogP contribution in [-0.2, 0) is 29.3 Å². The van der Waals surface area contributed by atoms with Crippen LogP contribution in [0.4, 0.5) is 13.2 Å². The lowest BCUT2D eigenvalue weighted by Crippen LogP contribution is -2.36. The molecule has 29 heavy (non-hydrogen) atoms. The molecule has 0 bridgehead atoms. The molecule has 0 atom stereocenters. The quantitative estimate of drug-likeness (QED) is 0.548. The fourth-order valence-electron chi connectivity index (χ4n) is 2.39. The van der Waals surface area contributed by atoms with Crippen molar-refractivity contribution < 1.29 is 21.6 Å². The van der Waals surface area contributed by atoms with Crippen LogP contribution in [0.2, 0.25) is 0 Å². The number of sulfonamides is 1. The van der Waals surface area contributed by atoms with Crippen LogP contribution in [-0.4, -0.2) is 39.8 Å². The highest BCUT2D eigenvalue weighted by molar-refractivity contribution is 7.89. The van der Waals surface area contributed by atoms with Crippen LogP contribution in [0.5, 0.6) is 0 Å². The van der Waals surface area contributed by atoms with Crippen molar-refractivity contribution in [1.29, 1.82) is 0 Å². The number of guanidine groups is 1. The molecular weight excluding hydrogens is 405 g/mol. The summed E-state index contributed by atoms with van der Waals surface area (Å²) in [4.78, 5) is 4.27. The molecule has 2 aromatic rings. The summed E-state index contributed by atoms with van der Waals surface area (Å²) in [5.41, 5.74) is 0.836. The van der Waals surface area contributed by atoms with E-state index >= 15 is 0 Å². The fraction of sp³-hybridized carbons (Fsp3) is 0.316. The lowest BCUT2D eigenvalue weighted by atomic mass is 10.1. The first-order chi connectivity index (χ1) is 13.5. The Balaban J connectivity index is 1.91. The van der Waals surface area contributed by atoms with Crippen molar-refractivity contribution in [2.24, 2.45) is 4.99 Å². The highest BCUT2D eigenvalue weighted by Crippen LogP contribution is 2.29. The number of nitrogens with one attached hydrogen (secondary N) is 2. The molecule has 0 aliphatic rings. The van der Waals surface area contributed by atoms with Gasteiger partial charge < -0.3 is 10.6 Å². The van der Waals surface area contributed by atoms with E-state index in [2.05, 4.69) is 15.6 Å². The van der Waals surface area contributed by atoms with E-state index in [0.717, 1.165) is 22.0 Å². The Labute approximate surface area is 168 Å². The lowest BCUT2D eigenvalue weighted by molar-refractivity contribution is -0.137. The summed E-state index contributed by atoms with van der Waals surface area (Å²) in [6.07, 6.45) is -4.36. The molecule has 2 aromatic carbocycles. The maximum absolute atomic E-state index is 12.6. The molecule has 0 spiro atoms. The van der Waals surface area contributed by atoms with Gasteiger partial charge in [0.25, 0.3) is 0 Å². The van der Waals surface area contributed by atoms with Crippen molar-refractivity contribution in [3.8, 4) is 0 Å². The first kappa shape index (κ1) is 22.7. The number of hydrogen-bond donors (Lipinski definition) is 2. The third-order valence-electron chi connectivity index (χ3n) is 4.13. The maximum Gasteiger partial charge on any atom is 0.416 e. The summed E-state index contributed by atoms with van der Waals surface area (Å²) in [7, 11) is 1.04. The number of halogens is 3. The average Bonchev–Trinajstić information content (AvgIpc) is 2.68. The van der Waals surface area contributed by atoms with Gasteiger partial charge in [-0.1, -0.05) is 24.3 Å². The highest BCUT2D eigenvalue weighted by Gasteiger charge is 2.29. The molecule has 0 radical (unpaired) electrons. The molecule has 0 unspecified atom stereocenters. The third-order valence-corrected chi connectivity index (χ3v) is 5.96. The smallest absolute Gasteiger partial charge is 0.352 e. The van der Waals surface area contributed by atoms with E-state index in [1.165, 1.54) is 38.4 Å². The largest absolute Gasteiger partial charge is 0.416 e. The summed E-state index contributed by atoms with van der Waals surface area (Å²) < 4.78 is 63.1. The van der Waals surface area contributed by atoms with Crippen molar-refractivity contribution in [3.63, 3.8) is 0 Å². The Morgan fingerprint density at radius 3 is 1.76 bits per heavy atom. The molecule has 0 amide bonds. The van der Waals surface area contributed by atoms with E-state index in [1.807, 2.05) is 0 Å². The predicted octanol–water partition coefficient (Wildman–Crippen LogP) is 2.82. The molecule has 2 N–H and O–H groups in total. The van der Waals surface area contributed by atoms with Crippen LogP contribution in [0.1, 0.15) is 16.7 Å². The molecule has 0 fully saturated rings. The number of benzene rings is 2. The molecule has 0 heterocycles. The number of rotatable bonds is 6. The normalized spacial score (nSPS) is 12.9. The van der Waals surface area contributed by atoms with Gasteiger partial charge in [-0.05, 0) is 35.4 Å². The van der Waals surface area contributed by atoms with E-state index in [1.54, 1.807) is 19.2 Å². The van der Waals surface area contributed by atoms with Gasteiger partial charge in [0.1, 0.15) is 0 Å². The van der Waals surface area contributed by atoms with Gasteiger partial charge in [-0.3, -0.25) is 4.99 Å². The van der Waals surface area contributed by atoms with Crippen LogP contribution in [0, 0.1) is 0 Å². The molecule has 158 valence electrons. The van der Waals surface area contributed by atoms with E-state index in [0.29, 0.717) is 24.6 Å². The summed E-state index contributed by atoms with van der Waals surface area (Å²) >= 11 is 0. The summed E-state index contributed by atoms with van der Waals surface area (Å²) in [5, 5.41) is 6.09. The number of nitrogens with zero attached hydrogens (tertiary/aromatic N) is 2. The molecule has 6 nitrogen and oxygen atoms in total. The first-order valence-corrected chi connectivity index (χ1v) is 10.1. The summed E-state index contributed by atoms with van der Waals surface area (Å²) in [6.45, 7) is 0.701. The second-order valence-corrected chi connectivity index (χ2v) is 8.56. The number of alkyl halides is 3. The molecular formula is C19H23F3N4O2S.